The van der Waals surface area contributed by atoms with E-state index in [0.29, 0.717) is 13.1 Å². The van der Waals surface area contributed by atoms with E-state index in [2.05, 4.69) is 5.32 Å². The molecule has 98 valence electrons. The van der Waals surface area contributed by atoms with Gasteiger partial charge in [0.05, 0.1) is 5.92 Å². The van der Waals surface area contributed by atoms with E-state index in [0.717, 1.165) is 18.7 Å². The Hall–Kier alpha value is -1.46. The molecule has 4 nitrogen and oxygen atoms in total. The summed E-state index contributed by atoms with van der Waals surface area (Å²) in [6.07, 6.45) is 0. The number of rotatable bonds is 3. The van der Waals surface area contributed by atoms with E-state index < -0.39 is 0 Å². The average molecular weight is 251 g/mol. The van der Waals surface area contributed by atoms with Crippen LogP contribution in [-0.4, -0.2) is 43.5 Å². The SMILES string of the molecule is NCC(C(=O)N1CCNCC1)c1ccc(F)cc1. The fourth-order valence-corrected chi connectivity index (χ4v) is 2.18. The van der Waals surface area contributed by atoms with Crippen molar-refractivity contribution in [2.45, 2.75) is 5.92 Å². The molecule has 1 saturated heterocycles. The van der Waals surface area contributed by atoms with Crippen LogP contribution in [-0.2, 0) is 4.79 Å². The highest BCUT2D eigenvalue weighted by atomic mass is 19.1. The van der Waals surface area contributed by atoms with Crippen LogP contribution < -0.4 is 11.1 Å². The van der Waals surface area contributed by atoms with Gasteiger partial charge in [0.15, 0.2) is 0 Å². The van der Waals surface area contributed by atoms with Gasteiger partial charge in [-0.25, -0.2) is 4.39 Å². The Kier molecular flexibility index (Phi) is 4.28. The Morgan fingerprint density at radius 3 is 2.50 bits per heavy atom. The molecule has 3 N–H and O–H groups in total. The third-order valence-corrected chi connectivity index (χ3v) is 3.23. The minimum absolute atomic E-state index is 0.0330. The minimum atomic E-state index is -0.372. The first kappa shape index (κ1) is 13.0. The molecular formula is C13H18FN3O. The van der Waals surface area contributed by atoms with Crippen LogP contribution in [0.2, 0.25) is 0 Å². The summed E-state index contributed by atoms with van der Waals surface area (Å²) < 4.78 is 12.9. The van der Waals surface area contributed by atoms with E-state index >= 15 is 0 Å². The van der Waals surface area contributed by atoms with Crippen LogP contribution in [0.5, 0.6) is 0 Å². The molecule has 0 aromatic heterocycles. The van der Waals surface area contributed by atoms with Crippen LogP contribution in [0.25, 0.3) is 0 Å². The molecule has 0 spiro atoms. The van der Waals surface area contributed by atoms with Crippen LogP contribution in [0.1, 0.15) is 11.5 Å². The standard InChI is InChI=1S/C13H18FN3O/c14-11-3-1-10(2-4-11)12(9-15)13(18)17-7-5-16-6-8-17/h1-4,12,16H,5-9,15H2. The number of nitrogens with two attached hydrogens (primary N) is 1. The van der Waals surface area contributed by atoms with Crippen molar-refractivity contribution in [3.63, 3.8) is 0 Å². The van der Waals surface area contributed by atoms with Gasteiger partial charge in [-0.05, 0) is 17.7 Å². The normalized spacial score (nSPS) is 17.6. The van der Waals surface area contributed by atoms with Crippen molar-refractivity contribution in [2.24, 2.45) is 5.73 Å². The van der Waals surface area contributed by atoms with Crippen molar-refractivity contribution in [2.75, 3.05) is 32.7 Å². The lowest BCUT2D eigenvalue weighted by atomic mass is 9.97. The van der Waals surface area contributed by atoms with Gasteiger partial charge < -0.3 is 16.0 Å². The molecule has 5 heteroatoms. The van der Waals surface area contributed by atoms with Gasteiger partial charge in [-0.1, -0.05) is 12.1 Å². The van der Waals surface area contributed by atoms with Gasteiger partial charge in [-0.3, -0.25) is 4.79 Å². The van der Waals surface area contributed by atoms with E-state index in [-0.39, 0.29) is 24.2 Å². The zero-order chi connectivity index (χ0) is 13.0. The van der Waals surface area contributed by atoms with E-state index in [9.17, 15) is 9.18 Å². The zero-order valence-electron chi connectivity index (χ0n) is 10.2. The number of benzene rings is 1. The van der Waals surface area contributed by atoms with Gasteiger partial charge in [-0.2, -0.15) is 0 Å². The number of nitrogens with one attached hydrogen (secondary N) is 1. The number of amides is 1. The number of carbonyl (C=O) groups excluding carboxylic acids is 1. The smallest absolute Gasteiger partial charge is 0.231 e. The second-order valence-corrected chi connectivity index (χ2v) is 4.42. The minimum Gasteiger partial charge on any atom is -0.340 e. The molecule has 1 atom stereocenters. The molecule has 0 radical (unpaired) electrons. The molecule has 1 amide bonds. The van der Waals surface area contributed by atoms with Crippen LogP contribution in [0, 0.1) is 5.82 Å². The third kappa shape index (κ3) is 2.86. The van der Waals surface area contributed by atoms with E-state index in [4.69, 9.17) is 5.73 Å². The number of hydrogen-bond acceptors (Lipinski definition) is 3. The van der Waals surface area contributed by atoms with Crippen molar-refractivity contribution in [3.05, 3.63) is 35.6 Å². The Morgan fingerprint density at radius 2 is 1.94 bits per heavy atom. The van der Waals surface area contributed by atoms with Gasteiger partial charge in [0.25, 0.3) is 0 Å². The Morgan fingerprint density at radius 1 is 1.33 bits per heavy atom. The molecule has 2 rings (SSSR count). The molecular weight excluding hydrogens is 233 g/mol. The van der Waals surface area contributed by atoms with Gasteiger partial charge in [0, 0.05) is 32.7 Å². The number of hydrogen-bond donors (Lipinski definition) is 2. The molecule has 1 heterocycles. The van der Waals surface area contributed by atoms with E-state index in [1.54, 1.807) is 12.1 Å². The Balaban J connectivity index is 2.12. The maximum atomic E-state index is 12.9. The molecule has 18 heavy (non-hydrogen) atoms. The van der Waals surface area contributed by atoms with E-state index in [1.807, 2.05) is 4.90 Å². The predicted molar refractivity (Wildman–Crippen MR) is 67.6 cm³/mol. The highest BCUT2D eigenvalue weighted by molar-refractivity contribution is 5.84. The molecule has 1 aromatic rings. The molecule has 0 bridgehead atoms. The molecule has 1 aromatic carbocycles. The summed E-state index contributed by atoms with van der Waals surface area (Å²) in [5.74, 6) is -0.640. The monoisotopic (exact) mass is 251 g/mol. The maximum Gasteiger partial charge on any atom is 0.231 e. The first-order chi connectivity index (χ1) is 8.72. The second kappa shape index (κ2) is 5.93. The summed E-state index contributed by atoms with van der Waals surface area (Å²) in [5, 5.41) is 3.20. The van der Waals surface area contributed by atoms with Gasteiger partial charge >= 0.3 is 0 Å². The lowest BCUT2D eigenvalue weighted by molar-refractivity contribution is -0.133. The average Bonchev–Trinajstić information content (AvgIpc) is 2.42. The number of halogens is 1. The predicted octanol–water partition coefficient (Wildman–Crippen LogP) is 0.300. The van der Waals surface area contributed by atoms with Crippen LogP contribution in [0.3, 0.4) is 0 Å². The molecule has 1 unspecified atom stereocenters. The van der Waals surface area contributed by atoms with E-state index in [1.165, 1.54) is 12.1 Å². The number of nitrogens with zero attached hydrogens (tertiary/aromatic N) is 1. The van der Waals surface area contributed by atoms with Gasteiger partial charge in [-0.15, -0.1) is 0 Å². The fraction of sp³-hybridized carbons (Fsp3) is 0.462. The maximum absolute atomic E-state index is 12.9. The van der Waals surface area contributed by atoms with Crippen molar-refractivity contribution in [1.29, 1.82) is 0 Å². The molecule has 0 saturated carbocycles. The highest BCUT2D eigenvalue weighted by Gasteiger charge is 2.25. The van der Waals surface area contributed by atoms with Crippen molar-refractivity contribution in [1.82, 2.24) is 10.2 Å². The van der Waals surface area contributed by atoms with Gasteiger partial charge in [0.2, 0.25) is 5.91 Å². The fourth-order valence-electron chi connectivity index (χ4n) is 2.18. The molecule has 0 aliphatic carbocycles. The van der Waals surface area contributed by atoms with Crippen molar-refractivity contribution < 1.29 is 9.18 Å². The Bertz CT molecular complexity index is 401. The quantitative estimate of drug-likeness (QED) is 0.812. The van der Waals surface area contributed by atoms with Crippen LogP contribution in [0.4, 0.5) is 4.39 Å². The van der Waals surface area contributed by atoms with Crippen molar-refractivity contribution in [3.8, 4) is 0 Å². The van der Waals surface area contributed by atoms with Crippen molar-refractivity contribution >= 4 is 5.91 Å². The summed E-state index contributed by atoms with van der Waals surface area (Å²) in [7, 11) is 0. The molecule has 1 fully saturated rings. The lowest BCUT2D eigenvalue weighted by Crippen LogP contribution is -2.48. The molecule has 1 aliphatic rings. The number of carbonyl (C=O) groups is 1. The largest absolute Gasteiger partial charge is 0.340 e. The number of piperazine rings is 1. The second-order valence-electron chi connectivity index (χ2n) is 4.42. The first-order valence-corrected chi connectivity index (χ1v) is 6.17. The molecule has 1 aliphatic heterocycles. The summed E-state index contributed by atoms with van der Waals surface area (Å²) in [4.78, 5) is 14.2. The van der Waals surface area contributed by atoms with Gasteiger partial charge in [0.1, 0.15) is 5.82 Å². The Labute approximate surface area is 106 Å². The summed E-state index contributed by atoms with van der Waals surface area (Å²) in [6, 6.07) is 5.99. The van der Waals surface area contributed by atoms with Crippen LogP contribution in [0.15, 0.2) is 24.3 Å². The summed E-state index contributed by atoms with van der Waals surface area (Å²) in [6.45, 7) is 3.28. The van der Waals surface area contributed by atoms with Crippen LogP contribution >= 0.6 is 0 Å². The summed E-state index contributed by atoms with van der Waals surface area (Å²) in [5.41, 5.74) is 6.47. The topological polar surface area (TPSA) is 58.4 Å². The zero-order valence-corrected chi connectivity index (χ0v) is 10.2. The highest BCUT2D eigenvalue weighted by Crippen LogP contribution is 2.18. The lowest BCUT2D eigenvalue weighted by Gasteiger charge is -2.30. The first-order valence-electron chi connectivity index (χ1n) is 6.17. The summed E-state index contributed by atoms with van der Waals surface area (Å²) >= 11 is 0. The third-order valence-electron chi connectivity index (χ3n) is 3.23.